The van der Waals surface area contributed by atoms with Gasteiger partial charge in [0.05, 0.1) is 22.5 Å². The minimum Gasteiger partial charge on any atom is -0.397 e. The van der Waals surface area contributed by atoms with Crippen LogP contribution >= 0.6 is 11.6 Å². The van der Waals surface area contributed by atoms with Crippen LogP contribution in [-0.4, -0.2) is 18.8 Å². The zero-order valence-electron chi connectivity index (χ0n) is 9.67. The lowest BCUT2D eigenvalue weighted by molar-refractivity contribution is 0.00300. The number of halogens is 2. The van der Waals surface area contributed by atoms with Gasteiger partial charge in [-0.05, 0) is 25.8 Å². The molecule has 0 spiro atoms. The van der Waals surface area contributed by atoms with Crippen molar-refractivity contribution in [1.29, 1.82) is 0 Å². The summed E-state index contributed by atoms with van der Waals surface area (Å²) in [5, 5.41) is 3.25. The van der Waals surface area contributed by atoms with Crippen molar-refractivity contribution >= 4 is 23.0 Å². The number of nitrogens with one attached hydrogen (secondary N) is 1. The lowest BCUT2D eigenvalue weighted by Gasteiger charge is -2.36. The molecule has 0 bridgehead atoms. The van der Waals surface area contributed by atoms with Gasteiger partial charge in [-0.2, -0.15) is 0 Å². The van der Waals surface area contributed by atoms with Crippen LogP contribution in [0.2, 0.25) is 5.02 Å². The third-order valence-corrected chi connectivity index (χ3v) is 3.24. The van der Waals surface area contributed by atoms with Gasteiger partial charge in [-0.15, -0.1) is 0 Å². The Kier molecular flexibility index (Phi) is 3.74. The molecule has 1 saturated carbocycles. The summed E-state index contributed by atoms with van der Waals surface area (Å²) < 4.78 is 18.7. The maximum absolute atomic E-state index is 13.3. The molecule has 1 aliphatic carbocycles. The van der Waals surface area contributed by atoms with E-state index in [2.05, 4.69) is 5.32 Å². The topological polar surface area (TPSA) is 47.3 Å². The summed E-state index contributed by atoms with van der Waals surface area (Å²) >= 11 is 5.63. The number of ether oxygens (including phenoxy) is 1. The average Bonchev–Trinajstić information content (AvgIpc) is 2.22. The minimum absolute atomic E-state index is 0.0499. The molecule has 1 aromatic carbocycles. The van der Waals surface area contributed by atoms with E-state index in [1.807, 2.05) is 6.92 Å². The Morgan fingerprint density at radius 2 is 2.24 bits per heavy atom. The molecule has 0 aromatic heterocycles. The van der Waals surface area contributed by atoms with Crippen LogP contribution in [0, 0.1) is 5.82 Å². The predicted molar refractivity (Wildman–Crippen MR) is 67.9 cm³/mol. The molecule has 0 atom stereocenters. The zero-order chi connectivity index (χ0) is 12.4. The SMILES string of the molecule is CCOC1CC(Nc2cc(F)c(Cl)cc2N)C1. The monoisotopic (exact) mass is 258 g/mol. The van der Waals surface area contributed by atoms with Crippen molar-refractivity contribution in [3.8, 4) is 0 Å². The molecule has 0 saturated heterocycles. The van der Waals surface area contributed by atoms with Crippen LogP contribution in [-0.2, 0) is 4.74 Å². The van der Waals surface area contributed by atoms with E-state index < -0.39 is 5.82 Å². The highest BCUT2D eigenvalue weighted by Crippen LogP contribution is 2.31. The maximum atomic E-state index is 13.3. The van der Waals surface area contributed by atoms with Crippen molar-refractivity contribution in [3.63, 3.8) is 0 Å². The standard InChI is InChI=1S/C12H16ClFN2O/c1-2-17-8-3-7(4-8)16-12-6-10(14)9(13)5-11(12)15/h5-8,16H,2-4,15H2,1H3. The molecule has 1 aliphatic rings. The summed E-state index contributed by atoms with van der Waals surface area (Å²) in [4.78, 5) is 0. The second-order valence-electron chi connectivity index (χ2n) is 4.24. The molecule has 0 amide bonds. The Balaban J connectivity index is 1.94. The number of rotatable bonds is 4. The highest BCUT2D eigenvalue weighted by atomic mass is 35.5. The summed E-state index contributed by atoms with van der Waals surface area (Å²) in [6.07, 6.45) is 2.17. The van der Waals surface area contributed by atoms with Gasteiger partial charge < -0.3 is 15.8 Å². The van der Waals surface area contributed by atoms with Crippen molar-refractivity contribution in [2.75, 3.05) is 17.7 Å². The van der Waals surface area contributed by atoms with Crippen molar-refractivity contribution in [1.82, 2.24) is 0 Å². The van der Waals surface area contributed by atoms with E-state index in [4.69, 9.17) is 22.1 Å². The lowest BCUT2D eigenvalue weighted by atomic mass is 9.89. The molecule has 1 aromatic rings. The Morgan fingerprint density at radius 1 is 1.53 bits per heavy atom. The number of anilines is 2. The third kappa shape index (κ3) is 2.82. The third-order valence-electron chi connectivity index (χ3n) is 2.95. The maximum Gasteiger partial charge on any atom is 0.143 e. The smallest absolute Gasteiger partial charge is 0.143 e. The number of hydrogen-bond donors (Lipinski definition) is 2. The van der Waals surface area contributed by atoms with Crippen LogP contribution in [0.25, 0.3) is 0 Å². The van der Waals surface area contributed by atoms with E-state index in [1.165, 1.54) is 12.1 Å². The summed E-state index contributed by atoms with van der Waals surface area (Å²) in [7, 11) is 0. The zero-order valence-corrected chi connectivity index (χ0v) is 10.4. The van der Waals surface area contributed by atoms with E-state index in [0.717, 1.165) is 19.4 Å². The molecule has 17 heavy (non-hydrogen) atoms. The van der Waals surface area contributed by atoms with Crippen molar-refractivity contribution in [3.05, 3.63) is 23.0 Å². The molecule has 0 heterocycles. The normalized spacial score (nSPS) is 23.2. The highest BCUT2D eigenvalue weighted by molar-refractivity contribution is 6.31. The van der Waals surface area contributed by atoms with Crippen LogP contribution in [0.3, 0.4) is 0 Å². The molecule has 3 N–H and O–H groups in total. The first-order chi connectivity index (χ1) is 8.10. The first kappa shape index (κ1) is 12.5. The fraction of sp³-hybridized carbons (Fsp3) is 0.500. The summed E-state index contributed by atoms with van der Waals surface area (Å²) in [5.41, 5.74) is 6.84. The van der Waals surface area contributed by atoms with Crippen LogP contribution in [0.15, 0.2) is 12.1 Å². The molecule has 94 valence electrons. The van der Waals surface area contributed by atoms with Gasteiger partial charge in [0.2, 0.25) is 0 Å². The molecular formula is C12H16ClFN2O. The van der Waals surface area contributed by atoms with E-state index in [-0.39, 0.29) is 5.02 Å². The van der Waals surface area contributed by atoms with Crippen molar-refractivity contribution in [2.45, 2.75) is 31.9 Å². The second-order valence-corrected chi connectivity index (χ2v) is 4.65. The summed E-state index contributed by atoms with van der Waals surface area (Å²) in [6.45, 7) is 2.71. The van der Waals surface area contributed by atoms with Gasteiger partial charge in [0.15, 0.2) is 0 Å². The number of nitrogen functional groups attached to an aromatic ring is 1. The van der Waals surface area contributed by atoms with Gasteiger partial charge in [-0.3, -0.25) is 0 Å². The second kappa shape index (κ2) is 5.10. The van der Waals surface area contributed by atoms with Crippen LogP contribution in [0.4, 0.5) is 15.8 Å². The summed E-state index contributed by atoms with van der Waals surface area (Å²) in [5.74, 6) is -0.455. The van der Waals surface area contributed by atoms with Crippen LogP contribution in [0.1, 0.15) is 19.8 Å². The Labute approximate surface area is 105 Å². The van der Waals surface area contributed by atoms with Gasteiger partial charge >= 0.3 is 0 Å². The Hall–Kier alpha value is -1.00. The van der Waals surface area contributed by atoms with Gasteiger partial charge in [-0.1, -0.05) is 11.6 Å². The van der Waals surface area contributed by atoms with Gasteiger partial charge in [-0.25, -0.2) is 4.39 Å². The highest BCUT2D eigenvalue weighted by Gasteiger charge is 2.29. The molecule has 0 unspecified atom stereocenters. The molecule has 0 aliphatic heterocycles. The van der Waals surface area contributed by atoms with E-state index in [0.29, 0.717) is 23.5 Å². The molecule has 2 rings (SSSR count). The van der Waals surface area contributed by atoms with Gasteiger partial charge in [0, 0.05) is 18.7 Å². The fourth-order valence-electron chi connectivity index (χ4n) is 1.96. The van der Waals surface area contributed by atoms with E-state index >= 15 is 0 Å². The Morgan fingerprint density at radius 3 is 2.88 bits per heavy atom. The lowest BCUT2D eigenvalue weighted by Crippen LogP contribution is -2.40. The fourth-order valence-corrected chi connectivity index (χ4v) is 2.13. The number of nitrogens with two attached hydrogens (primary N) is 1. The van der Waals surface area contributed by atoms with Crippen molar-refractivity contribution < 1.29 is 9.13 Å². The van der Waals surface area contributed by atoms with Crippen LogP contribution < -0.4 is 11.1 Å². The Bertz CT molecular complexity index is 408. The molecule has 3 nitrogen and oxygen atoms in total. The van der Waals surface area contributed by atoms with Crippen LogP contribution in [0.5, 0.6) is 0 Å². The summed E-state index contributed by atoms with van der Waals surface area (Å²) in [6, 6.07) is 3.07. The number of hydrogen-bond acceptors (Lipinski definition) is 3. The minimum atomic E-state index is -0.455. The first-order valence-corrected chi connectivity index (χ1v) is 6.10. The predicted octanol–water partition coefficient (Wildman–Crippen LogP) is 3.04. The molecule has 1 fully saturated rings. The average molecular weight is 259 g/mol. The molecule has 5 heteroatoms. The number of benzene rings is 1. The quantitative estimate of drug-likeness (QED) is 0.816. The molecular weight excluding hydrogens is 243 g/mol. The first-order valence-electron chi connectivity index (χ1n) is 5.72. The van der Waals surface area contributed by atoms with E-state index in [1.54, 1.807) is 0 Å². The van der Waals surface area contributed by atoms with Gasteiger partial charge in [0.25, 0.3) is 0 Å². The molecule has 0 radical (unpaired) electrons. The largest absolute Gasteiger partial charge is 0.397 e. The van der Waals surface area contributed by atoms with Crippen molar-refractivity contribution in [2.24, 2.45) is 0 Å². The van der Waals surface area contributed by atoms with Gasteiger partial charge in [0.1, 0.15) is 5.82 Å². The van der Waals surface area contributed by atoms with E-state index in [9.17, 15) is 4.39 Å².